The number of oxazole rings is 1. The third-order valence-corrected chi connectivity index (χ3v) is 4.88. The Labute approximate surface area is 125 Å². The second-order valence-corrected chi connectivity index (χ2v) is 6.46. The molecule has 1 atom stereocenters. The summed E-state index contributed by atoms with van der Waals surface area (Å²) in [4.78, 5) is 4.54. The molecule has 0 spiro atoms. The maximum atomic E-state index is 6.65. The van der Waals surface area contributed by atoms with Crippen LogP contribution in [0, 0.1) is 5.92 Å². The topological polar surface area (TPSA) is 26.0 Å². The molecule has 2 nitrogen and oxygen atoms in total. The van der Waals surface area contributed by atoms with Gasteiger partial charge in [0.25, 0.3) is 0 Å². The van der Waals surface area contributed by atoms with Crippen molar-refractivity contribution in [2.45, 2.75) is 56.7 Å². The van der Waals surface area contributed by atoms with E-state index in [0.29, 0.717) is 5.92 Å². The highest BCUT2D eigenvalue weighted by molar-refractivity contribution is 6.20. The maximum absolute atomic E-state index is 6.65. The van der Waals surface area contributed by atoms with Crippen LogP contribution in [-0.2, 0) is 6.42 Å². The van der Waals surface area contributed by atoms with Gasteiger partial charge < -0.3 is 4.42 Å². The summed E-state index contributed by atoms with van der Waals surface area (Å²) >= 11 is 6.65. The molecule has 0 radical (unpaired) electrons. The molecule has 0 amide bonds. The number of para-hydroxylation sites is 2. The van der Waals surface area contributed by atoms with Crippen molar-refractivity contribution in [3.63, 3.8) is 0 Å². The van der Waals surface area contributed by atoms with Crippen LogP contribution < -0.4 is 0 Å². The van der Waals surface area contributed by atoms with Gasteiger partial charge in [-0.1, -0.05) is 44.2 Å². The van der Waals surface area contributed by atoms with Gasteiger partial charge in [-0.3, -0.25) is 0 Å². The molecule has 2 aromatic rings. The molecule has 1 saturated carbocycles. The monoisotopic (exact) mass is 291 g/mol. The summed E-state index contributed by atoms with van der Waals surface area (Å²) in [6.07, 6.45) is 10.0. The number of hydrogen-bond donors (Lipinski definition) is 0. The van der Waals surface area contributed by atoms with Crippen molar-refractivity contribution >= 4 is 22.7 Å². The highest BCUT2D eigenvalue weighted by Crippen LogP contribution is 2.30. The van der Waals surface area contributed by atoms with E-state index in [9.17, 15) is 0 Å². The van der Waals surface area contributed by atoms with Crippen LogP contribution in [0.4, 0.5) is 0 Å². The van der Waals surface area contributed by atoms with Crippen LogP contribution in [0.15, 0.2) is 28.7 Å². The van der Waals surface area contributed by atoms with E-state index >= 15 is 0 Å². The molecule has 0 aliphatic heterocycles. The molecule has 1 heterocycles. The Morgan fingerprint density at radius 3 is 2.55 bits per heavy atom. The van der Waals surface area contributed by atoms with E-state index in [1.807, 2.05) is 24.3 Å². The minimum absolute atomic E-state index is 0.154. The summed E-state index contributed by atoms with van der Waals surface area (Å²) < 4.78 is 5.79. The number of benzene rings is 1. The lowest BCUT2D eigenvalue weighted by Crippen LogP contribution is -2.19. The van der Waals surface area contributed by atoms with Crippen LogP contribution in [0.1, 0.15) is 50.8 Å². The minimum atomic E-state index is 0.154. The van der Waals surface area contributed by atoms with Gasteiger partial charge in [-0.05, 0) is 30.9 Å². The van der Waals surface area contributed by atoms with Crippen molar-refractivity contribution in [3.8, 4) is 0 Å². The van der Waals surface area contributed by atoms with Crippen LogP contribution in [-0.4, -0.2) is 10.4 Å². The van der Waals surface area contributed by atoms with Gasteiger partial charge in [0.05, 0.1) is 0 Å². The third kappa shape index (κ3) is 3.35. The zero-order chi connectivity index (χ0) is 13.8. The molecule has 3 rings (SSSR count). The fraction of sp³-hybridized carbons (Fsp3) is 0.588. The van der Waals surface area contributed by atoms with Crippen LogP contribution in [0.3, 0.4) is 0 Å². The normalized spacial score (nSPS) is 19.6. The first-order valence-electron chi connectivity index (χ1n) is 7.81. The quantitative estimate of drug-likeness (QED) is 0.714. The fourth-order valence-electron chi connectivity index (χ4n) is 3.19. The van der Waals surface area contributed by atoms with Gasteiger partial charge in [0.15, 0.2) is 11.5 Å². The van der Waals surface area contributed by atoms with Crippen LogP contribution in [0.2, 0.25) is 0 Å². The number of halogens is 1. The second-order valence-electron chi connectivity index (χ2n) is 5.90. The number of alkyl halides is 1. The maximum Gasteiger partial charge on any atom is 0.196 e. The van der Waals surface area contributed by atoms with Gasteiger partial charge in [-0.15, -0.1) is 11.6 Å². The predicted octanol–water partition coefficient (Wildman–Crippen LogP) is 5.34. The number of hydrogen-bond acceptors (Lipinski definition) is 2. The molecule has 0 N–H and O–H groups in total. The summed E-state index contributed by atoms with van der Waals surface area (Å²) in [7, 11) is 0. The van der Waals surface area contributed by atoms with Gasteiger partial charge in [0.1, 0.15) is 5.52 Å². The molecule has 1 aromatic heterocycles. The lowest BCUT2D eigenvalue weighted by Gasteiger charge is -2.23. The lowest BCUT2D eigenvalue weighted by molar-refractivity contribution is 0.353. The Kier molecular flexibility index (Phi) is 4.62. The van der Waals surface area contributed by atoms with E-state index < -0.39 is 0 Å². The minimum Gasteiger partial charge on any atom is -0.441 e. The molecule has 1 fully saturated rings. The van der Waals surface area contributed by atoms with Gasteiger partial charge in [0, 0.05) is 11.8 Å². The number of fused-ring (bicyclic) bond motifs is 1. The molecular weight excluding hydrogens is 270 g/mol. The highest BCUT2D eigenvalue weighted by Gasteiger charge is 2.22. The van der Waals surface area contributed by atoms with Crippen LogP contribution in [0.25, 0.3) is 11.1 Å². The summed E-state index contributed by atoms with van der Waals surface area (Å²) in [5, 5.41) is 0.154. The molecule has 0 bridgehead atoms. The van der Waals surface area contributed by atoms with Crippen molar-refractivity contribution in [3.05, 3.63) is 30.2 Å². The zero-order valence-electron chi connectivity index (χ0n) is 11.9. The van der Waals surface area contributed by atoms with E-state index in [-0.39, 0.29) is 5.38 Å². The van der Waals surface area contributed by atoms with E-state index in [0.717, 1.165) is 23.4 Å². The van der Waals surface area contributed by atoms with Gasteiger partial charge in [-0.2, -0.15) is 0 Å². The second kappa shape index (κ2) is 6.62. The van der Waals surface area contributed by atoms with Crippen molar-refractivity contribution in [1.82, 2.24) is 4.98 Å². The highest BCUT2D eigenvalue weighted by atomic mass is 35.5. The van der Waals surface area contributed by atoms with E-state index in [4.69, 9.17) is 16.0 Å². The third-order valence-electron chi connectivity index (χ3n) is 4.37. The number of rotatable bonds is 3. The Morgan fingerprint density at radius 2 is 1.80 bits per heavy atom. The largest absolute Gasteiger partial charge is 0.441 e. The van der Waals surface area contributed by atoms with Crippen molar-refractivity contribution in [1.29, 1.82) is 0 Å². The standard InChI is InChI=1S/C17H22ClNO/c18-14(13-8-4-2-1-3-5-9-13)12-17-19-15-10-6-7-11-16(15)20-17/h6-7,10-11,13-14H,1-5,8-9,12H2. The number of aromatic nitrogens is 1. The summed E-state index contributed by atoms with van der Waals surface area (Å²) in [6, 6.07) is 7.91. The Bertz CT molecular complexity index is 510. The Balaban J connectivity index is 1.66. The molecule has 1 aliphatic rings. The fourth-order valence-corrected chi connectivity index (χ4v) is 3.57. The smallest absolute Gasteiger partial charge is 0.196 e. The zero-order valence-corrected chi connectivity index (χ0v) is 12.6. The predicted molar refractivity (Wildman–Crippen MR) is 83.2 cm³/mol. The first kappa shape index (κ1) is 13.9. The Hall–Kier alpha value is -1.02. The Morgan fingerprint density at radius 1 is 1.10 bits per heavy atom. The van der Waals surface area contributed by atoms with Gasteiger partial charge in [-0.25, -0.2) is 4.98 Å². The van der Waals surface area contributed by atoms with E-state index in [1.54, 1.807) is 0 Å². The summed E-state index contributed by atoms with van der Waals surface area (Å²) in [5.74, 6) is 1.40. The molecule has 3 heteroatoms. The summed E-state index contributed by atoms with van der Waals surface area (Å²) in [5.41, 5.74) is 1.80. The van der Waals surface area contributed by atoms with Crippen molar-refractivity contribution < 1.29 is 4.42 Å². The average Bonchev–Trinajstić information content (AvgIpc) is 2.80. The molecule has 108 valence electrons. The number of nitrogens with zero attached hydrogens (tertiary/aromatic N) is 1. The first-order valence-corrected chi connectivity index (χ1v) is 8.25. The lowest BCUT2D eigenvalue weighted by atomic mass is 9.87. The van der Waals surface area contributed by atoms with Crippen LogP contribution >= 0.6 is 11.6 Å². The van der Waals surface area contributed by atoms with Crippen molar-refractivity contribution in [2.24, 2.45) is 5.92 Å². The summed E-state index contributed by atoms with van der Waals surface area (Å²) in [6.45, 7) is 0. The van der Waals surface area contributed by atoms with E-state index in [1.165, 1.54) is 44.9 Å². The van der Waals surface area contributed by atoms with Gasteiger partial charge >= 0.3 is 0 Å². The molecule has 0 saturated heterocycles. The SMILES string of the molecule is ClC(Cc1nc2ccccc2o1)C1CCCCCCC1. The molecular formula is C17H22ClNO. The molecule has 1 unspecified atom stereocenters. The molecule has 1 aromatic carbocycles. The van der Waals surface area contributed by atoms with Gasteiger partial charge in [0.2, 0.25) is 0 Å². The van der Waals surface area contributed by atoms with Crippen LogP contribution in [0.5, 0.6) is 0 Å². The molecule has 1 aliphatic carbocycles. The van der Waals surface area contributed by atoms with E-state index in [2.05, 4.69) is 4.98 Å². The average molecular weight is 292 g/mol. The molecule has 20 heavy (non-hydrogen) atoms. The van der Waals surface area contributed by atoms with Crippen molar-refractivity contribution in [2.75, 3.05) is 0 Å². The first-order chi connectivity index (χ1) is 9.83.